The minimum atomic E-state index is 0.00671. The highest BCUT2D eigenvalue weighted by molar-refractivity contribution is 5.94. The first-order chi connectivity index (χ1) is 14.2. The van der Waals surface area contributed by atoms with Gasteiger partial charge in [0.25, 0.3) is 5.91 Å². The Labute approximate surface area is 169 Å². The fourth-order valence-electron chi connectivity index (χ4n) is 3.53. The second-order valence-electron chi connectivity index (χ2n) is 6.99. The van der Waals surface area contributed by atoms with Gasteiger partial charge in [-0.1, -0.05) is 0 Å². The van der Waals surface area contributed by atoms with Crippen molar-refractivity contribution in [2.45, 2.75) is 18.8 Å². The summed E-state index contributed by atoms with van der Waals surface area (Å²) in [7, 11) is 3.23. The third kappa shape index (κ3) is 4.08. The topological polar surface area (TPSA) is 77.7 Å². The first kappa shape index (κ1) is 19.0. The number of nitrogens with zero attached hydrogens (tertiary/aromatic N) is 3. The number of piperidine rings is 1. The van der Waals surface area contributed by atoms with Crippen molar-refractivity contribution in [1.82, 2.24) is 15.1 Å². The quantitative estimate of drug-likeness (QED) is 0.657. The number of rotatable bonds is 5. The molecule has 1 saturated heterocycles. The lowest BCUT2D eigenvalue weighted by molar-refractivity contribution is 0.0698. The zero-order chi connectivity index (χ0) is 20.2. The molecule has 0 spiro atoms. The van der Waals surface area contributed by atoms with Gasteiger partial charge in [-0.3, -0.25) is 4.79 Å². The van der Waals surface area contributed by atoms with Gasteiger partial charge < -0.3 is 18.8 Å². The maximum Gasteiger partial charge on any atom is 0.253 e. The van der Waals surface area contributed by atoms with Gasteiger partial charge in [-0.15, -0.1) is 10.2 Å². The predicted molar refractivity (Wildman–Crippen MR) is 107 cm³/mol. The summed E-state index contributed by atoms with van der Waals surface area (Å²) in [6.07, 6.45) is 1.81. The normalized spacial score (nSPS) is 16.5. The van der Waals surface area contributed by atoms with Crippen molar-refractivity contribution in [3.05, 3.63) is 60.0 Å². The van der Waals surface area contributed by atoms with Crippen molar-refractivity contribution < 1.29 is 18.7 Å². The molecule has 29 heavy (non-hydrogen) atoms. The van der Waals surface area contributed by atoms with Crippen molar-refractivity contribution in [3.8, 4) is 23.0 Å². The standard InChI is InChI=1S/C22H23N3O4/c1-27-18-9-5-15(6-10-18)20-23-24-21(29-20)17-4-3-13-25(14-17)22(26)16-7-11-19(28-2)12-8-16/h5-12,17H,3-4,13-14H2,1-2H3/t17-/m1/s1. The Bertz CT molecular complexity index is 966. The molecule has 0 aliphatic carbocycles. The van der Waals surface area contributed by atoms with E-state index in [1.807, 2.05) is 29.2 Å². The molecule has 7 nitrogen and oxygen atoms in total. The van der Waals surface area contributed by atoms with Gasteiger partial charge in [0.05, 0.1) is 20.1 Å². The summed E-state index contributed by atoms with van der Waals surface area (Å²) in [5.74, 6) is 2.59. The summed E-state index contributed by atoms with van der Waals surface area (Å²) in [6.45, 7) is 1.29. The highest BCUT2D eigenvalue weighted by Crippen LogP contribution is 2.30. The molecule has 1 atom stereocenters. The molecule has 0 N–H and O–H groups in total. The van der Waals surface area contributed by atoms with E-state index < -0.39 is 0 Å². The second kappa shape index (κ2) is 8.34. The van der Waals surface area contributed by atoms with Crippen LogP contribution in [0, 0.1) is 0 Å². The van der Waals surface area contributed by atoms with E-state index in [1.165, 1.54) is 0 Å². The Morgan fingerprint density at radius 1 is 1.00 bits per heavy atom. The summed E-state index contributed by atoms with van der Waals surface area (Å²) in [4.78, 5) is 14.7. The number of benzene rings is 2. The molecule has 1 amide bonds. The molecular weight excluding hydrogens is 370 g/mol. The van der Waals surface area contributed by atoms with Crippen LogP contribution in [0.25, 0.3) is 11.5 Å². The lowest BCUT2D eigenvalue weighted by Gasteiger charge is -2.31. The molecule has 0 saturated carbocycles. The molecule has 3 aromatic rings. The lowest BCUT2D eigenvalue weighted by Crippen LogP contribution is -2.39. The van der Waals surface area contributed by atoms with Crippen LogP contribution in [0.4, 0.5) is 0 Å². The number of aromatic nitrogens is 2. The fraction of sp³-hybridized carbons (Fsp3) is 0.318. The summed E-state index contributed by atoms with van der Waals surface area (Å²) in [5.41, 5.74) is 1.49. The van der Waals surface area contributed by atoms with Crippen molar-refractivity contribution in [2.24, 2.45) is 0 Å². The molecule has 4 rings (SSSR count). The van der Waals surface area contributed by atoms with E-state index in [0.29, 0.717) is 23.9 Å². The SMILES string of the molecule is COc1ccc(C(=O)N2CCC[C@@H](c3nnc(-c4ccc(OC)cc4)o3)C2)cc1. The molecule has 2 aromatic carbocycles. The van der Waals surface area contributed by atoms with Crippen LogP contribution in [0.15, 0.2) is 52.9 Å². The van der Waals surface area contributed by atoms with Crippen LogP contribution in [-0.4, -0.2) is 48.3 Å². The van der Waals surface area contributed by atoms with E-state index in [4.69, 9.17) is 13.9 Å². The average molecular weight is 393 g/mol. The maximum absolute atomic E-state index is 12.9. The van der Waals surface area contributed by atoms with Crippen molar-refractivity contribution in [1.29, 1.82) is 0 Å². The number of methoxy groups -OCH3 is 2. The first-order valence-electron chi connectivity index (χ1n) is 9.59. The highest BCUT2D eigenvalue weighted by Gasteiger charge is 2.29. The number of ether oxygens (including phenoxy) is 2. The maximum atomic E-state index is 12.9. The van der Waals surface area contributed by atoms with Crippen LogP contribution in [-0.2, 0) is 0 Å². The molecule has 2 heterocycles. The van der Waals surface area contributed by atoms with Gasteiger partial charge >= 0.3 is 0 Å². The molecular formula is C22H23N3O4. The van der Waals surface area contributed by atoms with E-state index in [2.05, 4.69) is 10.2 Å². The molecule has 1 aromatic heterocycles. The van der Waals surface area contributed by atoms with Gasteiger partial charge in [-0.25, -0.2) is 0 Å². The Kier molecular flexibility index (Phi) is 5.46. The van der Waals surface area contributed by atoms with Crippen molar-refractivity contribution in [2.75, 3.05) is 27.3 Å². The third-order valence-corrected chi connectivity index (χ3v) is 5.17. The zero-order valence-corrected chi connectivity index (χ0v) is 16.5. The predicted octanol–water partition coefficient (Wildman–Crippen LogP) is 3.77. The van der Waals surface area contributed by atoms with Gasteiger partial charge in [0, 0.05) is 24.2 Å². The number of hydrogen-bond acceptors (Lipinski definition) is 6. The van der Waals surface area contributed by atoms with E-state index in [-0.39, 0.29) is 11.8 Å². The molecule has 150 valence electrons. The summed E-state index contributed by atoms with van der Waals surface area (Å²) >= 11 is 0. The number of carbonyl (C=O) groups is 1. The van der Waals surface area contributed by atoms with Crippen LogP contribution < -0.4 is 9.47 Å². The van der Waals surface area contributed by atoms with E-state index in [0.717, 1.165) is 36.4 Å². The summed E-state index contributed by atoms with van der Waals surface area (Å²) in [5, 5.41) is 8.44. The highest BCUT2D eigenvalue weighted by atomic mass is 16.5. The number of amides is 1. The number of likely N-dealkylation sites (tertiary alicyclic amines) is 1. The van der Waals surface area contributed by atoms with Crippen LogP contribution in [0.5, 0.6) is 11.5 Å². The Balaban J connectivity index is 1.46. The molecule has 1 aliphatic rings. The van der Waals surface area contributed by atoms with Gasteiger partial charge in [-0.2, -0.15) is 0 Å². The third-order valence-electron chi connectivity index (χ3n) is 5.17. The number of carbonyl (C=O) groups excluding carboxylic acids is 1. The van der Waals surface area contributed by atoms with E-state index in [9.17, 15) is 4.79 Å². The summed E-state index contributed by atoms with van der Waals surface area (Å²) < 4.78 is 16.3. The molecule has 1 fully saturated rings. The Hall–Kier alpha value is -3.35. The molecule has 0 bridgehead atoms. The van der Waals surface area contributed by atoms with Crippen LogP contribution in [0.2, 0.25) is 0 Å². The second-order valence-corrected chi connectivity index (χ2v) is 6.99. The lowest BCUT2D eigenvalue weighted by atomic mass is 9.97. The minimum Gasteiger partial charge on any atom is -0.497 e. The van der Waals surface area contributed by atoms with Gasteiger partial charge in [0.15, 0.2) is 0 Å². The van der Waals surface area contributed by atoms with Gasteiger partial charge in [0.1, 0.15) is 11.5 Å². The molecule has 1 aliphatic heterocycles. The molecule has 0 unspecified atom stereocenters. The zero-order valence-electron chi connectivity index (χ0n) is 16.5. The Morgan fingerprint density at radius 3 is 2.31 bits per heavy atom. The van der Waals surface area contributed by atoms with Crippen LogP contribution in [0.3, 0.4) is 0 Å². The molecule has 7 heteroatoms. The molecule has 0 radical (unpaired) electrons. The van der Waals surface area contributed by atoms with Gasteiger partial charge in [0.2, 0.25) is 11.8 Å². The number of hydrogen-bond donors (Lipinski definition) is 0. The van der Waals surface area contributed by atoms with Crippen LogP contribution in [0.1, 0.15) is 35.0 Å². The summed E-state index contributed by atoms with van der Waals surface area (Å²) in [6, 6.07) is 14.7. The van der Waals surface area contributed by atoms with Crippen molar-refractivity contribution >= 4 is 5.91 Å². The van der Waals surface area contributed by atoms with E-state index >= 15 is 0 Å². The smallest absolute Gasteiger partial charge is 0.253 e. The van der Waals surface area contributed by atoms with Crippen LogP contribution >= 0.6 is 0 Å². The van der Waals surface area contributed by atoms with E-state index in [1.54, 1.807) is 38.5 Å². The fourth-order valence-corrected chi connectivity index (χ4v) is 3.53. The van der Waals surface area contributed by atoms with Crippen molar-refractivity contribution in [3.63, 3.8) is 0 Å². The van der Waals surface area contributed by atoms with Gasteiger partial charge in [-0.05, 0) is 61.4 Å². The monoisotopic (exact) mass is 393 g/mol. The first-order valence-corrected chi connectivity index (χ1v) is 9.59. The minimum absolute atomic E-state index is 0.00671. The Morgan fingerprint density at radius 2 is 1.66 bits per heavy atom. The largest absolute Gasteiger partial charge is 0.497 e. The average Bonchev–Trinajstić information content (AvgIpc) is 3.29.